The molecule has 0 bridgehead atoms. The van der Waals surface area contributed by atoms with Crippen LogP contribution >= 0.6 is 0 Å². The predicted molar refractivity (Wildman–Crippen MR) is 100 cm³/mol. The largest absolute Gasteiger partial charge is 0.361 e. The van der Waals surface area contributed by atoms with E-state index in [4.69, 9.17) is 5.26 Å². The van der Waals surface area contributed by atoms with Gasteiger partial charge < -0.3 is 4.90 Å². The van der Waals surface area contributed by atoms with Gasteiger partial charge in [0.15, 0.2) is 0 Å². The summed E-state index contributed by atoms with van der Waals surface area (Å²) in [4.78, 5) is 14.5. The number of para-hydroxylation sites is 1. The molecule has 25 heavy (non-hydrogen) atoms. The van der Waals surface area contributed by atoms with Crippen molar-refractivity contribution in [1.82, 2.24) is 0 Å². The molecule has 2 aromatic rings. The van der Waals surface area contributed by atoms with Gasteiger partial charge in [-0.2, -0.15) is 15.4 Å². The van der Waals surface area contributed by atoms with E-state index >= 15 is 0 Å². The highest BCUT2D eigenvalue weighted by Gasteiger charge is 2.28. The maximum Gasteiger partial charge on any atom is 0.280 e. The Hall–Kier alpha value is -3.39. The van der Waals surface area contributed by atoms with Crippen LogP contribution < -0.4 is 9.91 Å². The minimum Gasteiger partial charge on any atom is -0.361 e. The molecule has 0 aliphatic carbocycles. The average molecular weight is 330 g/mol. The number of nitriles is 1. The first-order valence-electron chi connectivity index (χ1n) is 7.95. The lowest BCUT2D eigenvalue weighted by Crippen LogP contribution is -2.21. The molecule has 0 saturated carbocycles. The molecule has 0 saturated heterocycles. The van der Waals surface area contributed by atoms with E-state index < -0.39 is 0 Å². The van der Waals surface area contributed by atoms with E-state index in [1.807, 2.05) is 79.5 Å². The van der Waals surface area contributed by atoms with Crippen molar-refractivity contribution in [2.45, 2.75) is 6.92 Å². The number of hydrogen-bond acceptors (Lipinski definition) is 4. The number of amides is 1. The second-order valence-electron chi connectivity index (χ2n) is 5.80. The molecule has 1 aliphatic rings. The lowest BCUT2D eigenvalue weighted by Gasteiger charge is -2.15. The van der Waals surface area contributed by atoms with Crippen LogP contribution in [0.2, 0.25) is 0 Å². The molecule has 124 valence electrons. The van der Waals surface area contributed by atoms with E-state index in [0.29, 0.717) is 17.8 Å². The van der Waals surface area contributed by atoms with E-state index in [-0.39, 0.29) is 5.91 Å². The summed E-state index contributed by atoms with van der Waals surface area (Å²) in [6, 6.07) is 19.2. The molecule has 1 amide bonds. The van der Waals surface area contributed by atoms with Crippen LogP contribution in [0.5, 0.6) is 0 Å². The molecule has 0 fully saturated rings. The first-order chi connectivity index (χ1) is 12.1. The van der Waals surface area contributed by atoms with E-state index in [1.54, 1.807) is 0 Å². The smallest absolute Gasteiger partial charge is 0.280 e. The molecule has 0 aromatic heterocycles. The van der Waals surface area contributed by atoms with Gasteiger partial charge in [0.25, 0.3) is 5.91 Å². The number of nitrogens with zero attached hydrogens (tertiary/aromatic N) is 4. The Labute approximate surface area is 147 Å². The first-order valence-corrected chi connectivity index (χ1v) is 7.95. The third-order valence-corrected chi connectivity index (χ3v) is 4.02. The number of benzene rings is 2. The molecule has 0 atom stereocenters. The quantitative estimate of drug-likeness (QED) is 0.637. The van der Waals surface area contributed by atoms with Gasteiger partial charge in [0.1, 0.15) is 6.54 Å². The molecule has 0 N–H and O–H groups in total. The molecule has 1 heterocycles. The summed E-state index contributed by atoms with van der Waals surface area (Å²) >= 11 is 0. The molecular weight excluding hydrogens is 312 g/mol. The Bertz CT molecular complexity index is 876. The van der Waals surface area contributed by atoms with Crippen molar-refractivity contribution >= 4 is 29.1 Å². The molecule has 5 nitrogen and oxygen atoms in total. The van der Waals surface area contributed by atoms with E-state index in [9.17, 15) is 4.79 Å². The van der Waals surface area contributed by atoms with Crippen LogP contribution in [0.1, 0.15) is 12.5 Å². The van der Waals surface area contributed by atoms with Crippen LogP contribution in [0.3, 0.4) is 0 Å². The third-order valence-electron chi connectivity index (χ3n) is 4.02. The van der Waals surface area contributed by atoms with Crippen molar-refractivity contribution in [3.8, 4) is 6.07 Å². The summed E-state index contributed by atoms with van der Waals surface area (Å²) in [5.41, 5.74) is 3.91. The van der Waals surface area contributed by atoms with Gasteiger partial charge in [-0.25, -0.2) is 0 Å². The van der Waals surface area contributed by atoms with Gasteiger partial charge in [-0.05, 0) is 42.8 Å². The van der Waals surface area contributed by atoms with Gasteiger partial charge >= 0.3 is 0 Å². The number of carbonyl (C=O) groups is 1. The number of hydrazone groups is 1. The van der Waals surface area contributed by atoms with Crippen LogP contribution in [0.15, 0.2) is 65.3 Å². The van der Waals surface area contributed by atoms with Crippen molar-refractivity contribution in [3.05, 3.63) is 65.7 Å². The number of rotatable bonds is 4. The van der Waals surface area contributed by atoms with Gasteiger partial charge in [0.2, 0.25) is 0 Å². The van der Waals surface area contributed by atoms with Crippen molar-refractivity contribution in [2.75, 3.05) is 23.5 Å². The van der Waals surface area contributed by atoms with Crippen molar-refractivity contribution in [3.63, 3.8) is 0 Å². The fourth-order valence-electron chi connectivity index (χ4n) is 2.62. The summed E-state index contributed by atoms with van der Waals surface area (Å²) < 4.78 is 0. The lowest BCUT2D eigenvalue weighted by molar-refractivity contribution is -0.114. The Morgan fingerprint density at radius 3 is 2.48 bits per heavy atom. The zero-order valence-corrected chi connectivity index (χ0v) is 14.2. The molecular formula is C20H18N4O. The van der Waals surface area contributed by atoms with Gasteiger partial charge in [0, 0.05) is 12.7 Å². The van der Waals surface area contributed by atoms with Crippen LogP contribution in [-0.4, -0.2) is 25.2 Å². The second-order valence-corrected chi connectivity index (χ2v) is 5.80. The van der Waals surface area contributed by atoms with Gasteiger partial charge in [-0.3, -0.25) is 4.79 Å². The summed E-state index contributed by atoms with van der Waals surface area (Å²) in [5, 5.41) is 14.6. The highest BCUT2D eigenvalue weighted by atomic mass is 16.2. The van der Waals surface area contributed by atoms with Gasteiger partial charge in [-0.15, -0.1) is 0 Å². The van der Waals surface area contributed by atoms with Crippen molar-refractivity contribution in [1.29, 1.82) is 5.26 Å². The molecule has 0 radical (unpaired) electrons. The maximum atomic E-state index is 12.7. The Morgan fingerprint density at radius 2 is 1.84 bits per heavy atom. The SMILES string of the molecule is CC1=NN(c2ccccc2)C(=O)/C1=C\c1ccc(N(C)CC#N)cc1. The monoisotopic (exact) mass is 330 g/mol. The van der Waals surface area contributed by atoms with E-state index in [0.717, 1.165) is 16.9 Å². The molecule has 0 unspecified atom stereocenters. The summed E-state index contributed by atoms with van der Waals surface area (Å²) in [6.07, 6.45) is 1.85. The Balaban J connectivity index is 1.83. The van der Waals surface area contributed by atoms with Gasteiger partial charge in [0.05, 0.1) is 23.0 Å². The zero-order valence-electron chi connectivity index (χ0n) is 14.2. The molecule has 0 spiro atoms. The topological polar surface area (TPSA) is 59.7 Å². The molecule has 5 heteroatoms. The van der Waals surface area contributed by atoms with Crippen molar-refractivity contribution < 1.29 is 4.79 Å². The number of anilines is 2. The predicted octanol–water partition coefficient (Wildman–Crippen LogP) is 3.45. The lowest BCUT2D eigenvalue weighted by atomic mass is 10.1. The fraction of sp³-hybridized carbons (Fsp3) is 0.150. The molecule has 3 rings (SSSR count). The highest BCUT2D eigenvalue weighted by molar-refractivity contribution is 6.32. The highest BCUT2D eigenvalue weighted by Crippen LogP contribution is 2.25. The number of hydrogen-bond donors (Lipinski definition) is 0. The van der Waals surface area contributed by atoms with Crippen LogP contribution in [0.4, 0.5) is 11.4 Å². The summed E-state index contributed by atoms with van der Waals surface area (Å²) in [5.74, 6) is -0.130. The normalized spacial score (nSPS) is 15.2. The fourth-order valence-corrected chi connectivity index (χ4v) is 2.62. The number of carbonyl (C=O) groups excluding carboxylic acids is 1. The second kappa shape index (κ2) is 7.02. The summed E-state index contributed by atoms with van der Waals surface area (Å²) in [7, 11) is 1.87. The minimum absolute atomic E-state index is 0.130. The maximum absolute atomic E-state index is 12.7. The van der Waals surface area contributed by atoms with Crippen LogP contribution in [-0.2, 0) is 4.79 Å². The van der Waals surface area contributed by atoms with Gasteiger partial charge in [-0.1, -0.05) is 30.3 Å². The molecule has 1 aliphatic heterocycles. The Morgan fingerprint density at radius 1 is 1.16 bits per heavy atom. The summed E-state index contributed by atoms with van der Waals surface area (Å²) in [6.45, 7) is 2.17. The standard InChI is InChI=1S/C20H18N4O/c1-15-19(20(25)24(22-15)18-6-4-3-5-7-18)14-16-8-10-17(11-9-16)23(2)13-12-21/h3-11,14H,13H2,1-2H3/b19-14-. The zero-order chi connectivity index (χ0) is 17.8. The van der Waals surface area contributed by atoms with Crippen molar-refractivity contribution in [2.24, 2.45) is 5.10 Å². The minimum atomic E-state index is -0.130. The molecule has 2 aromatic carbocycles. The third kappa shape index (κ3) is 3.43. The average Bonchev–Trinajstić information content (AvgIpc) is 2.91. The van der Waals surface area contributed by atoms with E-state index in [2.05, 4.69) is 11.2 Å². The Kier molecular flexibility index (Phi) is 4.62. The van der Waals surface area contributed by atoms with Crippen LogP contribution in [0.25, 0.3) is 6.08 Å². The van der Waals surface area contributed by atoms with E-state index in [1.165, 1.54) is 5.01 Å². The van der Waals surface area contributed by atoms with Crippen LogP contribution in [0, 0.1) is 11.3 Å². The first kappa shape index (κ1) is 16.5.